The SMILES string of the molecule is [C-]#[N+]c1ccc2c(c1)c1ccccc1n2-c1ccc(C#N)c(-c2ccc(-c3ccccc3-n3c4ccccc4c4cccc([N+]#[C-])c43)cc2)c1. The third-order valence-electron chi connectivity index (χ3n) is 9.61. The maximum absolute atomic E-state index is 10.2. The lowest BCUT2D eigenvalue weighted by atomic mass is 9.96. The molecule has 0 saturated heterocycles. The minimum atomic E-state index is 0.593. The van der Waals surface area contributed by atoms with Gasteiger partial charge in [-0.2, -0.15) is 5.26 Å². The van der Waals surface area contributed by atoms with E-state index in [4.69, 9.17) is 13.1 Å². The molecule has 5 nitrogen and oxygen atoms in total. The summed E-state index contributed by atoms with van der Waals surface area (Å²) in [6.45, 7) is 15.5. The summed E-state index contributed by atoms with van der Waals surface area (Å²) >= 11 is 0. The predicted octanol–water partition coefficient (Wildman–Crippen LogP) is 12.2. The Bertz CT molecular complexity index is 2960. The molecule has 0 atom stereocenters. The molecule has 0 N–H and O–H groups in total. The fraction of sp³-hybridized carbons (Fsp3) is 0. The van der Waals surface area contributed by atoms with Crippen molar-refractivity contribution in [3.05, 3.63) is 180 Å². The van der Waals surface area contributed by atoms with Gasteiger partial charge < -0.3 is 9.13 Å². The molecule has 0 unspecified atom stereocenters. The fourth-order valence-corrected chi connectivity index (χ4v) is 7.40. The fourth-order valence-electron chi connectivity index (χ4n) is 7.40. The van der Waals surface area contributed by atoms with E-state index in [2.05, 4.69) is 97.7 Å². The minimum Gasteiger partial charge on any atom is -0.318 e. The zero-order valence-electron chi connectivity index (χ0n) is 26.7. The maximum Gasteiger partial charge on any atom is 0.211 e. The Labute approximate surface area is 288 Å². The van der Waals surface area contributed by atoms with E-state index in [0.29, 0.717) is 16.9 Å². The van der Waals surface area contributed by atoms with Gasteiger partial charge in [0.25, 0.3) is 0 Å². The lowest BCUT2D eigenvalue weighted by molar-refractivity contribution is 1.18. The third-order valence-corrected chi connectivity index (χ3v) is 9.61. The Morgan fingerprint density at radius 2 is 1.14 bits per heavy atom. The van der Waals surface area contributed by atoms with Crippen LogP contribution in [0.5, 0.6) is 0 Å². The summed E-state index contributed by atoms with van der Waals surface area (Å²) in [5.41, 5.74) is 11.6. The van der Waals surface area contributed by atoms with Crippen molar-refractivity contribution in [2.45, 2.75) is 0 Å². The summed E-state index contributed by atoms with van der Waals surface area (Å²) in [6.07, 6.45) is 0. The van der Waals surface area contributed by atoms with E-state index in [1.807, 2.05) is 78.9 Å². The van der Waals surface area contributed by atoms with Gasteiger partial charge in [-0.15, -0.1) is 0 Å². The summed E-state index contributed by atoms with van der Waals surface area (Å²) in [6, 6.07) is 53.3. The molecule has 0 saturated carbocycles. The average molecular weight is 636 g/mol. The minimum absolute atomic E-state index is 0.593. The Hall–Kier alpha value is -7.39. The highest BCUT2D eigenvalue weighted by Crippen LogP contribution is 2.41. The van der Waals surface area contributed by atoms with Crippen molar-refractivity contribution < 1.29 is 0 Å². The second-order valence-corrected chi connectivity index (χ2v) is 12.2. The Kier molecular flexibility index (Phi) is 6.56. The van der Waals surface area contributed by atoms with Crippen molar-refractivity contribution in [3.63, 3.8) is 0 Å². The highest BCUT2D eigenvalue weighted by Gasteiger charge is 2.19. The normalized spacial score (nSPS) is 11.1. The van der Waals surface area contributed by atoms with Crippen LogP contribution in [0.1, 0.15) is 5.56 Å². The summed E-state index contributed by atoms with van der Waals surface area (Å²) in [5.74, 6) is 0. The number of benzene rings is 7. The molecule has 2 aromatic heterocycles. The van der Waals surface area contributed by atoms with E-state index in [0.717, 1.165) is 77.2 Å². The maximum atomic E-state index is 10.2. The van der Waals surface area contributed by atoms with Crippen LogP contribution >= 0.6 is 0 Å². The number of nitrogens with zero attached hydrogens (tertiary/aromatic N) is 5. The number of nitriles is 1. The van der Waals surface area contributed by atoms with Crippen LogP contribution in [0.3, 0.4) is 0 Å². The van der Waals surface area contributed by atoms with Crippen molar-refractivity contribution in [1.29, 1.82) is 5.26 Å². The Morgan fingerprint density at radius 3 is 1.88 bits per heavy atom. The quantitative estimate of drug-likeness (QED) is 0.177. The van der Waals surface area contributed by atoms with Crippen LogP contribution in [-0.4, -0.2) is 9.13 Å². The second kappa shape index (κ2) is 11.4. The van der Waals surface area contributed by atoms with E-state index in [1.54, 1.807) is 0 Å². The molecule has 230 valence electrons. The van der Waals surface area contributed by atoms with E-state index in [1.165, 1.54) is 0 Å². The molecule has 0 fully saturated rings. The zero-order chi connectivity index (χ0) is 33.8. The molecule has 9 rings (SSSR count). The van der Waals surface area contributed by atoms with Crippen LogP contribution in [0.4, 0.5) is 11.4 Å². The first kappa shape index (κ1) is 28.8. The van der Waals surface area contributed by atoms with Gasteiger partial charge in [0.15, 0.2) is 5.69 Å². The topological polar surface area (TPSA) is 42.4 Å². The van der Waals surface area contributed by atoms with Crippen LogP contribution in [0.15, 0.2) is 152 Å². The first-order valence-corrected chi connectivity index (χ1v) is 16.2. The number of hydrogen-bond acceptors (Lipinski definition) is 1. The number of aromatic nitrogens is 2. The molecule has 0 bridgehead atoms. The summed E-state index contributed by atoms with van der Waals surface area (Å²) < 4.78 is 4.42. The standard InChI is InChI=1S/C45H25N5/c1-47-32-23-25-44-39(26-32)36-12-5-7-16-42(36)49(44)33-24-22-31(28-46)38(27-33)30-20-18-29(19-21-30)34-10-3-6-15-41(34)50-43-17-8-4-11-35(43)37-13-9-14-40(48-2)45(37)50/h3-27H. The highest BCUT2D eigenvalue weighted by atomic mass is 15.0. The molecule has 5 heteroatoms. The average Bonchev–Trinajstić information content (AvgIpc) is 3.70. The Morgan fingerprint density at radius 1 is 0.500 bits per heavy atom. The molecule has 0 amide bonds. The molecule has 7 aromatic carbocycles. The third kappa shape index (κ3) is 4.31. The van der Waals surface area contributed by atoms with Crippen molar-refractivity contribution in [2.75, 3.05) is 0 Å². The Balaban J connectivity index is 1.19. The van der Waals surface area contributed by atoms with Crippen LogP contribution < -0.4 is 0 Å². The molecule has 2 heterocycles. The van der Waals surface area contributed by atoms with E-state index < -0.39 is 0 Å². The van der Waals surface area contributed by atoms with Crippen LogP contribution in [0.2, 0.25) is 0 Å². The first-order valence-electron chi connectivity index (χ1n) is 16.2. The molecule has 0 aliphatic carbocycles. The van der Waals surface area contributed by atoms with Gasteiger partial charge in [0.05, 0.1) is 52.5 Å². The zero-order valence-corrected chi connectivity index (χ0v) is 26.7. The van der Waals surface area contributed by atoms with Gasteiger partial charge in [0, 0.05) is 27.6 Å². The van der Waals surface area contributed by atoms with Gasteiger partial charge in [-0.3, -0.25) is 0 Å². The van der Waals surface area contributed by atoms with Gasteiger partial charge in [-0.1, -0.05) is 103 Å². The van der Waals surface area contributed by atoms with Crippen molar-refractivity contribution in [2.24, 2.45) is 0 Å². The monoisotopic (exact) mass is 635 g/mol. The van der Waals surface area contributed by atoms with Crippen molar-refractivity contribution >= 4 is 55.0 Å². The van der Waals surface area contributed by atoms with Crippen LogP contribution in [0, 0.1) is 24.5 Å². The molecule has 0 aliphatic rings. The van der Waals surface area contributed by atoms with Gasteiger partial charge in [-0.05, 0) is 70.4 Å². The van der Waals surface area contributed by atoms with E-state index >= 15 is 0 Å². The van der Waals surface area contributed by atoms with E-state index in [9.17, 15) is 5.26 Å². The molecule has 0 aliphatic heterocycles. The van der Waals surface area contributed by atoms with Gasteiger partial charge >= 0.3 is 0 Å². The number of hydrogen-bond donors (Lipinski definition) is 0. The van der Waals surface area contributed by atoms with Crippen LogP contribution in [0.25, 0.3) is 86.9 Å². The highest BCUT2D eigenvalue weighted by molar-refractivity contribution is 6.14. The van der Waals surface area contributed by atoms with E-state index in [-0.39, 0.29) is 0 Å². The molecule has 0 radical (unpaired) electrons. The number of para-hydroxylation sites is 4. The van der Waals surface area contributed by atoms with Crippen LogP contribution in [-0.2, 0) is 0 Å². The molecule has 50 heavy (non-hydrogen) atoms. The summed E-state index contributed by atoms with van der Waals surface area (Å²) in [4.78, 5) is 7.56. The number of rotatable bonds is 4. The summed E-state index contributed by atoms with van der Waals surface area (Å²) in [7, 11) is 0. The smallest absolute Gasteiger partial charge is 0.211 e. The molecular weight excluding hydrogens is 611 g/mol. The second-order valence-electron chi connectivity index (χ2n) is 12.2. The lowest BCUT2D eigenvalue weighted by Gasteiger charge is -2.15. The number of fused-ring (bicyclic) bond motifs is 6. The molecule has 0 spiro atoms. The van der Waals surface area contributed by atoms with Gasteiger partial charge in [0.2, 0.25) is 5.69 Å². The first-order chi connectivity index (χ1) is 24.7. The van der Waals surface area contributed by atoms with Gasteiger partial charge in [-0.25, -0.2) is 9.69 Å². The van der Waals surface area contributed by atoms with Gasteiger partial charge in [0.1, 0.15) is 0 Å². The van der Waals surface area contributed by atoms with Crippen molar-refractivity contribution in [3.8, 4) is 39.7 Å². The van der Waals surface area contributed by atoms with Crippen molar-refractivity contribution in [1.82, 2.24) is 9.13 Å². The largest absolute Gasteiger partial charge is 0.318 e. The molecular formula is C45H25N5. The molecule has 9 aromatic rings. The summed E-state index contributed by atoms with van der Waals surface area (Å²) in [5, 5.41) is 14.4. The lowest BCUT2D eigenvalue weighted by Crippen LogP contribution is -1.97. The predicted molar refractivity (Wildman–Crippen MR) is 203 cm³/mol.